The summed E-state index contributed by atoms with van der Waals surface area (Å²) in [5.74, 6) is 0.0414. The maximum atomic E-state index is 12.2. The smallest absolute Gasteiger partial charge is 0.337 e. The fourth-order valence-corrected chi connectivity index (χ4v) is 2.45. The Labute approximate surface area is 138 Å². The highest BCUT2D eigenvalue weighted by atomic mass is 16.5. The van der Waals surface area contributed by atoms with Gasteiger partial charge in [0.1, 0.15) is 5.82 Å². The number of esters is 1. The summed E-state index contributed by atoms with van der Waals surface area (Å²) in [4.78, 5) is 31.1. The molecule has 1 N–H and O–H groups in total. The van der Waals surface area contributed by atoms with Gasteiger partial charge in [0, 0.05) is 12.2 Å². The Hall–Kier alpha value is -2.96. The minimum atomic E-state index is -0.462. The summed E-state index contributed by atoms with van der Waals surface area (Å²) in [5.41, 5.74) is 1.39. The van der Waals surface area contributed by atoms with Crippen molar-refractivity contribution in [1.82, 2.24) is 19.7 Å². The lowest BCUT2D eigenvalue weighted by atomic mass is 10.1. The molecule has 0 aliphatic carbocycles. The molecule has 7 nitrogen and oxygen atoms in total. The highest BCUT2D eigenvalue weighted by Crippen LogP contribution is 2.13. The summed E-state index contributed by atoms with van der Waals surface area (Å²) < 4.78 is 6.55. The van der Waals surface area contributed by atoms with E-state index in [4.69, 9.17) is 4.74 Å². The van der Waals surface area contributed by atoms with Crippen molar-refractivity contribution in [2.24, 2.45) is 0 Å². The van der Waals surface area contributed by atoms with E-state index in [0.29, 0.717) is 28.7 Å². The van der Waals surface area contributed by atoms with E-state index in [0.717, 1.165) is 5.69 Å². The summed E-state index contributed by atoms with van der Waals surface area (Å²) in [5, 5.41) is 4.88. The van der Waals surface area contributed by atoms with E-state index in [1.807, 2.05) is 30.8 Å². The van der Waals surface area contributed by atoms with E-state index >= 15 is 0 Å². The molecule has 2 aromatic heterocycles. The Kier molecular flexibility index (Phi) is 4.16. The van der Waals surface area contributed by atoms with Crippen molar-refractivity contribution in [3.05, 3.63) is 57.9 Å². The molecule has 1 aromatic carbocycles. The van der Waals surface area contributed by atoms with E-state index in [1.54, 1.807) is 18.2 Å². The van der Waals surface area contributed by atoms with Crippen molar-refractivity contribution in [2.45, 2.75) is 26.3 Å². The minimum absolute atomic E-state index is 0.241. The lowest BCUT2D eigenvalue weighted by Crippen LogP contribution is -2.13. The van der Waals surface area contributed by atoms with Crippen molar-refractivity contribution in [1.29, 1.82) is 0 Å². The van der Waals surface area contributed by atoms with Gasteiger partial charge in [-0.1, -0.05) is 0 Å². The molecule has 0 bridgehead atoms. The second-order valence-electron chi connectivity index (χ2n) is 5.79. The van der Waals surface area contributed by atoms with Crippen LogP contribution >= 0.6 is 0 Å². The lowest BCUT2D eigenvalue weighted by Gasteiger charge is -2.05. The molecule has 0 atom stereocenters. The van der Waals surface area contributed by atoms with Gasteiger partial charge in [0.15, 0.2) is 0 Å². The number of aromatic nitrogens is 4. The molecule has 0 saturated carbocycles. The quantitative estimate of drug-likeness (QED) is 0.741. The molecule has 0 spiro atoms. The van der Waals surface area contributed by atoms with Gasteiger partial charge in [-0.05, 0) is 38.1 Å². The third-order valence-electron chi connectivity index (χ3n) is 3.72. The summed E-state index contributed by atoms with van der Waals surface area (Å²) in [6, 6.07) is 6.85. The molecule has 0 unspecified atom stereocenters. The van der Waals surface area contributed by atoms with E-state index in [-0.39, 0.29) is 11.6 Å². The Morgan fingerprint density at radius 3 is 2.79 bits per heavy atom. The monoisotopic (exact) mass is 326 g/mol. The number of ether oxygens (including phenoxy) is 1. The highest BCUT2D eigenvalue weighted by Gasteiger charge is 2.11. The Bertz CT molecular complexity index is 956. The molecular weight excluding hydrogens is 308 g/mol. The normalized spacial score (nSPS) is 11.2. The number of nitrogens with zero attached hydrogens (tertiary/aromatic N) is 3. The Morgan fingerprint density at radius 1 is 1.33 bits per heavy atom. The van der Waals surface area contributed by atoms with Crippen LogP contribution in [0.5, 0.6) is 0 Å². The third-order valence-corrected chi connectivity index (χ3v) is 3.72. The number of nitrogens with one attached hydrogen (secondary N) is 1. The average Bonchev–Trinajstić information content (AvgIpc) is 3.02. The number of aromatic amines is 1. The van der Waals surface area contributed by atoms with Gasteiger partial charge in [-0.2, -0.15) is 5.10 Å². The second-order valence-corrected chi connectivity index (χ2v) is 5.79. The fraction of sp³-hybridized carbons (Fsp3) is 0.294. The first kappa shape index (κ1) is 15.9. The topological polar surface area (TPSA) is 89.9 Å². The third kappa shape index (κ3) is 3.05. The molecule has 0 fully saturated rings. The van der Waals surface area contributed by atoms with Gasteiger partial charge in [-0.3, -0.25) is 9.48 Å². The van der Waals surface area contributed by atoms with Crippen LogP contribution in [0.1, 0.15) is 41.8 Å². The number of fused-ring (bicyclic) bond motifs is 1. The molecule has 0 aliphatic heterocycles. The fourth-order valence-electron chi connectivity index (χ4n) is 2.45. The van der Waals surface area contributed by atoms with Gasteiger partial charge in [-0.25, -0.2) is 9.78 Å². The van der Waals surface area contributed by atoms with E-state index in [2.05, 4.69) is 15.1 Å². The lowest BCUT2D eigenvalue weighted by molar-refractivity contribution is 0.0601. The molecule has 0 radical (unpaired) electrons. The van der Waals surface area contributed by atoms with Crippen molar-refractivity contribution in [3.63, 3.8) is 0 Å². The molecule has 24 heavy (non-hydrogen) atoms. The number of benzene rings is 1. The van der Waals surface area contributed by atoms with Crippen LogP contribution in [0.4, 0.5) is 0 Å². The molecule has 124 valence electrons. The number of carbonyl (C=O) groups is 1. The second kappa shape index (κ2) is 6.27. The number of rotatable bonds is 4. The summed E-state index contributed by atoms with van der Waals surface area (Å²) in [6.45, 7) is 4.09. The molecule has 0 aliphatic rings. The van der Waals surface area contributed by atoms with Crippen molar-refractivity contribution in [3.8, 4) is 0 Å². The van der Waals surface area contributed by atoms with Gasteiger partial charge in [0.05, 0.1) is 35.7 Å². The molecular formula is C17H18N4O3. The van der Waals surface area contributed by atoms with E-state index in [1.165, 1.54) is 7.11 Å². The van der Waals surface area contributed by atoms with Crippen LogP contribution in [0.2, 0.25) is 0 Å². The van der Waals surface area contributed by atoms with Crippen molar-refractivity contribution >= 4 is 16.9 Å². The van der Waals surface area contributed by atoms with Crippen LogP contribution in [-0.4, -0.2) is 32.8 Å². The first-order valence-corrected chi connectivity index (χ1v) is 7.63. The zero-order chi connectivity index (χ0) is 17.3. The maximum Gasteiger partial charge on any atom is 0.337 e. The molecule has 3 aromatic rings. The van der Waals surface area contributed by atoms with Crippen molar-refractivity contribution in [2.75, 3.05) is 7.11 Å². The molecule has 0 amide bonds. The van der Waals surface area contributed by atoms with Crippen molar-refractivity contribution < 1.29 is 9.53 Å². The Balaban J connectivity index is 1.98. The van der Waals surface area contributed by atoms with Gasteiger partial charge < -0.3 is 9.72 Å². The van der Waals surface area contributed by atoms with Crippen LogP contribution in [0.3, 0.4) is 0 Å². The summed E-state index contributed by atoms with van der Waals surface area (Å²) >= 11 is 0. The van der Waals surface area contributed by atoms with Crippen LogP contribution in [0.25, 0.3) is 10.9 Å². The predicted octanol–water partition coefficient (Wildman–Crippen LogP) is 2.08. The first-order valence-electron chi connectivity index (χ1n) is 7.63. The van der Waals surface area contributed by atoms with Gasteiger partial charge in [0.25, 0.3) is 5.56 Å². The number of carbonyl (C=O) groups excluding carboxylic acids is 1. The number of methoxy groups -OCH3 is 1. The number of hydrogen-bond acceptors (Lipinski definition) is 5. The summed E-state index contributed by atoms with van der Waals surface area (Å²) in [7, 11) is 1.31. The van der Waals surface area contributed by atoms with Crippen LogP contribution in [-0.2, 0) is 11.2 Å². The summed E-state index contributed by atoms with van der Waals surface area (Å²) in [6.07, 6.45) is 2.31. The van der Waals surface area contributed by atoms with Gasteiger partial charge >= 0.3 is 5.97 Å². The van der Waals surface area contributed by atoms with E-state index < -0.39 is 5.97 Å². The largest absolute Gasteiger partial charge is 0.465 e. The zero-order valence-corrected chi connectivity index (χ0v) is 13.7. The standard InChI is InChI=1S/C17H18N4O3/c1-10(2)21-7-6-12(20-21)9-15-18-14-8-11(17(23)24-3)4-5-13(14)16(22)19-15/h4-8,10H,9H2,1-3H3,(H,18,19,22). The number of H-pyrrole nitrogens is 1. The predicted molar refractivity (Wildman–Crippen MR) is 89.1 cm³/mol. The molecule has 0 saturated heterocycles. The number of hydrogen-bond donors (Lipinski definition) is 1. The van der Waals surface area contributed by atoms with Gasteiger partial charge in [0.2, 0.25) is 0 Å². The molecule has 2 heterocycles. The first-order chi connectivity index (χ1) is 11.5. The molecule has 7 heteroatoms. The van der Waals surface area contributed by atoms with E-state index in [9.17, 15) is 9.59 Å². The van der Waals surface area contributed by atoms with Crippen LogP contribution in [0.15, 0.2) is 35.3 Å². The highest BCUT2D eigenvalue weighted by molar-refractivity contribution is 5.93. The Morgan fingerprint density at radius 2 is 2.12 bits per heavy atom. The average molecular weight is 326 g/mol. The zero-order valence-electron chi connectivity index (χ0n) is 13.7. The molecule has 3 rings (SSSR count). The maximum absolute atomic E-state index is 12.2. The minimum Gasteiger partial charge on any atom is -0.465 e. The van der Waals surface area contributed by atoms with Crippen LogP contribution in [0, 0.1) is 0 Å². The van der Waals surface area contributed by atoms with Crippen LogP contribution < -0.4 is 5.56 Å². The SMILES string of the molecule is COC(=O)c1ccc2c(=O)[nH]c(Cc3ccn(C(C)C)n3)nc2c1. The van der Waals surface area contributed by atoms with Gasteiger partial charge in [-0.15, -0.1) is 0 Å².